The number of piperidine rings is 1. The molecule has 1 aromatic rings. The Labute approximate surface area is 147 Å². The van der Waals surface area contributed by atoms with Gasteiger partial charge >= 0.3 is 0 Å². The number of amides is 2. The molecule has 1 atom stereocenters. The maximum absolute atomic E-state index is 12.4. The normalized spacial score (nSPS) is 24.4. The molecule has 1 aromatic heterocycles. The van der Waals surface area contributed by atoms with E-state index in [9.17, 15) is 14.7 Å². The van der Waals surface area contributed by atoms with Crippen molar-refractivity contribution in [3.63, 3.8) is 0 Å². The topological polar surface area (TPSA) is 98.7 Å². The summed E-state index contributed by atoms with van der Waals surface area (Å²) in [7, 11) is 0. The third-order valence-corrected chi connectivity index (χ3v) is 5.07. The number of hydrogen-bond donors (Lipinski definition) is 2. The minimum Gasteiger partial charge on any atom is -0.386 e. The molecule has 0 aromatic carbocycles. The van der Waals surface area contributed by atoms with E-state index >= 15 is 0 Å². The van der Waals surface area contributed by atoms with E-state index in [0.29, 0.717) is 51.4 Å². The number of nitrogens with zero attached hydrogens (tertiary/aromatic N) is 4. The summed E-state index contributed by atoms with van der Waals surface area (Å²) >= 11 is 0. The van der Waals surface area contributed by atoms with E-state index in [1.807, 2.05) is 4.90 Å². The Hall–Kier alpha value is -2.22. The number of hydrogen-bond acceptors (Lipinski definition) is 6. The van der Waals surface area contributed by atoms with Gasteiger partial charge in [0, 0.05) is 51.4 Å². The summed E-state index contributed by atoms with van der Waals surface area (Å²) in [6, 6.07) is 1.75. The Bertz CT molecular complexity index is 618. The van der Waals surface area contributed by atoms with E-state index in [1.54, 1.807) is 30.3 Å². The van der Waals surface area contributed by atoms with Crippen LogP contribution >= 0.6 is 0 Å². The van der Waals surface area contributed by atoms with Gasteiger partial charge in [0.1, 0.15) is 5.60 Å². The molecular formula is C17H25N5O3. The first-order valence-corrected chi connectivity index (χ1v) is 8.74. The number of β-amino-alcohol motifs (C(OH)–C–C–N with tert-alkyl or cyclic N) is 1. The van der Waals surface area contributed by atoms with E-state index in [4.69, 9.17) is 0 Å². The third kappa shape index (κ3) is 4.25. The molecule has 0 unspecified atom stereocenters. The lowest BCUT2D eigenvalue weighted by Gasteiger charge is -2.31. The zero-order valence-corrected chi connectivity index (χ0v) is 14.5. The Morgan fingerprint density at radius 1 is 1.28 bits per heavy atom. The minimum absolute atomic E-state index is 0.0361. The lowest BCUT2D eigenvalue weighted by atomic mass is 9.95. The Morgan fingerprint density at radius 2 is 1.96 bits per heavy atom. The predicted octanol–water partition coefficient (Wildman–Crippen LogP) is -0.207. The van der Waals surface area contributed by atoms with Crippen LogP contribution in [0.3, 0.4) is 0 Å². The molecule has 2 aliphatic heterocycles. The molecular weight excluding hydrogens is 322 g/mol. The summed E-state index contributed by atoms with van der Waals surface area (Å²) in [5.74, 6) is 0.531. The van der Waals surface area contributed by atoms with Gasteiger partial charge in [0.05, 0.1) is 6.54 Å². The van der Waals surface area contributed by atoms with Crippen molar-refractivity contribution >= 4 is 17.8 Å². The second-order valence-electron chi connectivity index (χ2n) is 6.94. The number of aliphatic hydroxyl groups is 1. The largest absolute Gasteiger partial charge is 0.386 e. The van der Waals surface area contributed by atoms with Gasteiger partial charge < -0.3 is 20.2 Å². The number of carbonyl (C=O) groups excluding carboxylic acids is 2. The number of anilines is 1. The van der Waals surface area contributed by atoms with Gasteiger partial charge in [-0.3, -0.25) is 9.59 Å². The molecule has 0 bridgehead atoms. The smallest absolute Gasteiger partial charge is 0.225 e. The van der Waals surface area contributed by atoms with Crippen molar-refractivity contribution in [1.29, 1.82) is 0 Å². The molecule has 136 valence electrons. The van der Waals surface area contributed by atoms with Crippen molar-refractivity contribution in [2.45, 2.75) is 31.8 Å². The molecule has 0 saturated carbocycles. The fourth-order valence-corrected chi connectivity index (χ4v) is 3.48. The molecule has 2 aliphatic rings. The fraction of sp³-hybridized carbons (Fsp3) is 0.647. The van der Waals surface area contributed by atoms with Gasteiger partial charge in [0.2, 0.25) is 17.8 Å². The van der Waals surface area contributed by atoms with E-state index in [0.717, 1.165) is 0 Å². The van der Waals surface area contributed by atoms with Crippen molar-refractivity contribution in [2.24, 2.45) is 5.92 Å². The first-order chi connectivity index (χ1) is 12.0. The number of carbonyl (C=O) groups is 2. The van der Waals surface area contributed by atoms with Crippen LogP contribution in [0.1, 0.15) is 26.2 Å². The summed E-state index contributed by atoms with van der Waals surface area (Å²) in [5.41, 5.74) is -0.963. The van der Waals surface area contributed by atoms with E-state index in [1.165, 1.54) is 0 Å². The molecule has 0 aliphatic carbocycles. The highest BCUT2D eigenvalue weighted by Crippen LogP contribution is 2.24. The van der Waals surface area contributed by atoms with Crippen LogP contribution in [-0.2, 0) is 9.59 Å². The van der Waals surface area contributed by atoms with Gasteiger partial charge in [-0.2, -0.15) is 0 Å². The highest BCUT2D eigenvalue weighted by Gasteiger charge is 2.38. The molecule has 25 heavy (non-hydrogen) atoms. The first-order valence-electron chi connectivity index (χ1n) is 8.74. The lowest BCUT2D eigenvalue weighted by molar-refractivity contribution is -0.134. The van der Waals surface area contributed by atoms with Crippen LogP contribution in [0.25, 0.3) is 0 Å². The predicted molar refractivity (Wildman–Crippen MR) is 91.8 cm³/mol. The third-order valence-electron chi connectivity index (χ3n) is 5.07. The second kappa shape index (κ2) is 7.35. The summed E-state index contributed by atoms with van der Waals surface area (Å²) in [6.45, 7) is 4.08. The Balaban J connectivity index is 1.47. The van der Waals surface area contributed by atoms with Gasteiger partial charge in [-0.1, -0.05) is 0 Å². The van der Waals surface area contributed by atoms with Gasteiger partial charge in [0.15, 0.2) is 0 Å². The molecule has 0 spiro atoms. The number of aromatic nitrogens is 2. The van der Waals surface area contributed by atoms with Crippen LogP contribution in [0.15, 0.2) is 18.5 Å². The van der Waals surface area contributed by atoms with E-state index in [2.05, 4.69) is 15.3 Å². The quantitative estimate of drug-likeness (QED) is 0.782. The zero-order valence-electron chi connectivity index (χ0n) is 14.5. The minimum atomic E-state index is -0.963. The number of nitrogens with one attached hydrogen (secondary N) is 1. The van der Waals surface area contributed by atoms with Crippen molar-refractivity contribution in [1.82, 2.24) is 20.2 Å². The highest BCUT2D eigenvalue weighted by molar-refractivity contribution is 5.79. The highest BCUT2D eigenvalue weighted by atomic mass is 16.3. The van der Waals surface area contributed by atoms with Crippen molar-refractivity contribution in [2.75, 3.05) is 37.6 Å². The number of rotatable bonds is 4. The average Bonchev–Trinajstić information content (AvgIpc) is 3.03. The maximum atomic E-state index is 12.4. The average molecular weight is 347 g/mol. The standard InChI is InChI=1S/C17H25N5O3/c1-13(23)21-8-3-14(4-9-21)15(24)20-11-17(25)5-10-22(12-17)16-18-6-2-7-19-16/h2,6-7,14,25H,3-5,8-12H2,1H3,(H,20,24)/t17-/m1/s1. The number of likely N-dealkylation sites (tertiary alicyclic amines) is 1. The monoisotopic (exact) mass is 347 g/mol. The molecule has 2 saturated heterocycles. The van der Waals surface area contributed by atoms with Crippen LogP contribution in [0.5, 0.6) is 0 Å². The van der Waals surface area contributed by atoms with Gasteiger partial charge in [0.25, 0.3) is 0 Å². The van der Waals surface area contributed by atoms with Gasteiger partial charge in [-0.25, -0.2) is 9.97 Å². The summed E-state index contributed by atoms with van der Waals surface area (Å²) < 4.78 is 0. The van der Waals surface area contributed by atoms with Crippen LogP contribution < -0.4 is 10.2 Å². The molecule has 2 amide bonds. The van der Waals surface area contributed by atoms with Crippen molar-refractivity contribution in [3.8, 4) is 0 Å². The SMILES string of the molecule is CC(=O)N1CCC(C(=O)NC[C@]2(O)CCN(c3ncccn3)C2)CC1. The molecule has 0 radical (unpaired) electrons. The van der Waals surface area contributed by atoms with Crippen molar-refractivity contribution < 1.29 is 14.7 Å². The molecule has 3 heterocycles. The molecule has 2 fully saturated rings. The molecule has 3 rings (SSSR count). The van der Waals surface area contributed by atoms with Crippen LogP contribution in [0.4, 0.5) is 5.95 Å². The molecule has 2 N–H and O–H groups in total. The Morgan fingerprint density at radius 3 is 2.60 bits per heavy atom. The summed E-state index contributed by atoms with van der Waals surface area (Å²) in [6.07, 6.45) is 5.26. The molecule has 8 heteroatoms. The summed E-state index contributed by atoms with van der Waals surface area (Å²) in [4.78, 5) is 35.8. The zero-order chi connectivity index (χ0) is 17.9. The van der Waals surface area contributed by atoms with Gasteiger partial charge in [-0.15, -0.1) is 0 Å². The van der Waals surface area contributed by atoms with Crippen molar-refractivity contribution in [3.05, 3.63) is 18.5 Å². The molecule has 8 nitrogen and oxygen atoms in total. The van der Waals surface area contributed by atoms with E-state index < -0.39 is 5.60 Å². The summed E-state index contributed by atoms with van der Waals surface area (Å²) in [5, 5.41) is 13.6. The Kier molecular flexibility index (Phi) is 5.17. The maximum Gasteiger partial charge on any atom is 0.225 e. The van der Waals surface area contributed by atoms with Crippen LogP contribution in [-0.4, -0.2) is 70.1 Å². The first kappa shape index (κ1) is 17.6. The fourth-order valence-electron chi connectivity index (χ4n) is 3.48. The van der Waals surface area contributed by atoms with Crippen LogP contribution in [0, 0.1) is 5.92 Å². The second-order valence-corrected chi connectivity index (χ2v) is 6.94. The lowest BCUT2D eigenvalue weighted by Crippen LogP contribution is -2.48. The van der Waals surface area contributed by atoms with Gasteiger partial charge in [-0.05, 0) is 25.3 Å². The van der Waals surface area contributed by atoms with E-state index in [-0.39, 0.29) is 24.3 Å². The van der Waals surface area contributed by atoms with Crippen LogP contribution in [0.2, 0.25) is 0 Å².